The summed E-state index contributed by atoms with van der Waals surface area (Å²) in [4.78, 5) is 27.1. The minimum Gasteiger partial charge on any atom is -0.497 e. The minimum atomic E-state index is -0.412. The number of fused-ring (bicyclic) bond motifs is 1. The maximum Gasteiger partial charge on any atom is 0.339 e. The van der Waals surface area contributed by atoms with Crippen LogP contribution in [-0.4, -0.2) is 26.1 Å². The van der Waals surface area contributed by atoms with Crippen LogP contribution in [0.3, 0.4) is 0 Å². The Morgan fingerprint density at radius 2 is 1.80 bits per heavy atom. The fourth-order valence-corrected chi connectivity index (χ4v) is 3.60. The van der Waals surface area contributed by atoms with Crippen molar-refractivity contribution in [2.24, 2.45) is 0 Å². The first-order chi connectivity index (χ1) is 14.5. The van der Waals surface area contributed by atoms with Crippen LogP contribution in [0.5, 0.6) is 5.75 Å². The van der Waals surface area contributed by atoms with E-state index in [2.05, 4.69) is 24.1 Å². The van der Waals surface area contributed by atoms with Crippen LogP contribution in [-0.2, 0) is 11.2 Å². The van der Waals surface area contributed by atoms with Gasteiger partial charge in [0.25, 0.3) is 0 Å². The summed E-state index contributed by atoms with van der Waals surface area (Å²) in [7, 11) is 1.57. The van der Waals surface area contributed by atoms with Crippen molar-refractivity contribution in [3.05, 3.63) is 64.0 Å². The van der Waals surface area contributed by atoms with Crippen LogP contribution in [0.2, 0.25) is 0 Å². The molecule has 0 fully saturated rings. The number of hydrogen-bond acceptors (Lipinski definition) is 5. The quantitative estimate of drug-likeness (QED) is 0.555. The molecule has 2 aromatic carbocycles. The molecule has 0 saturated heterocycles. The minimum absolute atomic E-state index is 0.140. The summed E-state index contributed by atoms with van der Waals surface area (Å²) >= 11 is 0. The smallest absolute Gasteiger partial charge is 0.339 e. The lowest BCUT2D eigenvalue weighted by Gasteiger charge is -2.21. The molecule has 1 amide bonds. The summed E-state index contributed by atoms with van der Waals surface area (Å²) in [5.74, 6) is 0.489. The molecule has 0 unspecified atom stereocenters. The maximum atomic E-state index is 12.4. The standard InChI is InChI=1S/C24H28N2O4/c1-5-26(6-2)18-9-7-17(8-10-18)25-23(27)14-13-21-16(3)20-12-11-19(29-4)15-22(20)30-24(21)28/h7-12,15H,5-6,13-14H2,1-4H3,(H,25,27). The molecule has 30 heavy (non-hydrogen) atoms. The topological polar surface area (TPSA) is 71.8 Å². The van der Waals surface area contributed by atoms with Gasteiger partial charge in [-0.25, -0.2) is 4.79 Å². The van der Waals surface area contributed by atoms with Gasteiger partial charge in [-0.3, -0.25) is 4.79 Å². The van der Waals surface area contributed by atoms with Crippen molar-refractivity contribution in [1.29, 1.82) is 0 Å². The van der Waals surface area contributed by atoms with Crippen molar-refractivity contribution >= 4 is 28.3 Å². The number of anilines is 2. The van der Waals surface area contributed by atoms with Gasteiger partial charge in [-0.05, 0) is 69.2 Å². The van der Waals surface area contributed by atoms with Crippen LogP contribution in [0.15, 0.2) is 51.7 Å². The summed E-state index contributed by atoms with van der Waals surface area (Å²) in [6, 6.07) is 13.2. The first-order valence-electron chi connectivity index (χ1n) is 10.2. The fourth-order valence-electron chi connectivity index (χ4n) is 3.60. The highest BCUT2D eigenvalue weighted by Crippen LogP contribution is 2.24. The lowest BCUT2D eigenvalue weighted by atomic mass is 10.0. The SMILES string of the molecule is CCN(CC)c1ccc(NC(=O)CCc2c(C)c3ccc(OC)cc3oc2=O)cc1. The van der Waals surface area contributed by atoms with Crippen molar-refractivity contribution in [2.45, 2.75) is 33.6 Å². The number of aryl methyl sites for hydroxylation is 1. The highest BCUT2D eigenvalue weighted by molar-refractivity contribution is 5.91. The maximum absolute atomic E-state index is 12.4. The number of amides is 1. The second-order valence-electron chi connectivity index (χ2n) is 7.12. The first kappa shape index (κ1) is 21.4. The van der Waals surface area contributed by atoms with Gasteiger partial charge in [0.2, 0.25) is 5.91 Å². The van der Waals surface area contributed by atoms with Crippen LogP contribution in [0.1, 0.15) is 31.4 Å². The van der Waals surface area contributed by atoms with Crippen molar-refractivity contribution in [3.8, 4) is 5.75 Å². The van der Waals surface area contributed by atoms with Crippen molar-refractivity contribution in [1.82, 2.24) is 0 Å². The second-order valence-corrected chi connectivity index (χ2v) is 7.12. The number of hydrogen-bond donors (Lipinski definition) is 1. The van der Waals surface area contributed by atoms with Gasteiger partial charge in [-0.15, -0.1) is 0 Å². The molecule has 3 rings (SSSR count). The zero-order valence-electron chi connectivity index (χ0n) is 18.0. The average Bonchev–Trinajstić information content (AvgIpc) is 2.75. The van der Waals surface area contributed by atoms with Gasteiger partial charge >= 0.3 is 5.63 Å². The third-order valence-corrected chi connectivity index (χ3v) is 5.38. The van der Waals surface area contributed by atoms with Crippen LogP contribution >= 0.6 is 0 Å². The van der Waals surface area contributed by atoms with Gasteiger partial charge in [0.05, 0.1) is 7.11 Å². The number of benzene rings is 2. The summed E-state index contributed by atoms with van der Waals surface area (Å²) in [6.45, 7) is 7.97. The molecule has 3 aromatic rings. The Kier molecular flexibility index (Phi) is 6.77. The molecular weight excluding hydrogens is 380 g/mol. The van der Waals surface area contributed by atoms with Crippen LogP contribution in [0.4, 0.5) is 11.4 Å². The van der Waals surface area contributed by atoms with Gasteiger partial charge in [-0.1, -0.05) is 0 Å². The largest absolute Gasteiger partial charge is 0.497 e. The number of carbonyl (C=O) groups excluding carboxylic acids is 1. The van der Waals surface area contributed by atoms with E-state index in [9.17, 15) is 9.59 Å². The molecule has 0 spiro atoms. The van der Waals surface area contributed by atoms with Crippen LogP contribution in [0.25, 0.3) is 11.0 Å². The Morgan fingerprint density at radius 1 is 1.10 bits per heavy atom. The summed E-state index contributed by atoms with van der Waals surface area (Å²) in [6.07, 6.45) is 0.518. The van der Waals surface area contributed by atoms with E-state index in [0.29, 0.717) is 23.3 Å². The zero-order chi connectivity index (χ0) is 21.7. The Labute approximate surface area is 176 Å². The molecule has 1 heterocycles. The molecule has 0 aliphatic rings. The predicted octanol–water partition coefficient (Wildman–Crippen LogP) is 4.53. The zero-order valence-corrected chi connectivity index (χ0v) is 18.0. The molecule has 0 saturated carbocycles. The van der Waals surface area contributed by atoms with Crippen molar-refractivity contribution in [3.63, 3.8) is 0 Å². The van der Waals surface area contributed by atoms with E-state index >= 15 is 0 Å². The molecule has 6 nitrogen and oxygen atoms in total. The third kappa shape index (κ3) is 4.64. The second kappa shape index (κ2) is 9.48. The number of rotatable bonds is 8. The first-order valence-corrected chi connectivity index (χ1v) is 10.2. The Balaban J connectivity index is 1.68. The number of carbonyl (C=O) groups is 1. The molecule has 1 N–H and O–H groups in total. The van der Waals surface area contributed by atoms with E-state index in [4.69, 9.17) is 9.15 Å². The fraction of sp³-hybridized carbons (Fsp3) is 0.333. The average molecular weight is 408 g/mol. The Bertz CT molecular complexity index is 1080. The molecule has 6 heteroatoms. The number of methoxy groups -OCH3 is 1. The lowest BCUT2D eigenvalue weighted by Crippen LogP contribution is -2.21. The number of nitrogens with zero attached hydrogens (tertiary/aromatic N) is 1. The van der Waals surface area contributed by atoms with E-state index in [-0.39, 0.29) is 12.3 Å². The Morgan fingerprint density at radius 3 is 2.43 bits per heavy atom. The highest BCUT2D eigenvalue weighted by atomic mass is 16.5. The van der Waals surface area contributed by atoms with Crippen LogP contribution in [0, 0.1) is 6.92 Å². The highest BCUT2D eigenvalue weighted by Gasteiger charge is 2.14. The molecule has 0 radical (unpaired) electrons. The monoisotopic (exact) mass is 408 g/mol. The Hall–Kier alpha value is -3.28. The summed E-state index contributed by atoms with van der Waals surface area (Å²) in [5.41, 5.74) is 3.30. The molecule has 158 valence electrons. The van der Waals surface area contributed by atoms with Gasteiger partial charge in [0.15, 0.2) is 0 Å². The summed E-state index contributed by atoms with van der Waals surface area (Å²) < 4.78 is 10.6. The van der Waals surface area contributed by atoms with E-state index < -0.39 is 5.63 Å². The van der Waals surface area contributed by atoms with E-state index in [1.165, 1.54) is 0 Å². The predicted molar refractivity (Wildman–Crippen MR) is 121 cm³/mol. The third-order valence-electron chi connectivity index (χ3n) is 5.38. The number of nitrogens with one attached hydrogen (secondary N) is 1. The molecule has 1 aromatic heterocycles. The molecule has 0 bridgehead atoms. The molecular formula is C24H28N2O4. The van der Waals surface area contributed by atoms with Gasteiger partial charge < -0.3 is 19.4 Å². The normalized spacial score (nSPS) is 10.8. The van der Waals surface area contributed by atoms with Crippen molar-refractivity contribution in [2.75, 3.05) is 30.4 Å². The van der Waals surface area contributed by atoms with E-state index in [1.807, 2.05) is 43.3 Å². The van der Waals surface area contributed by atoms with Crippen molar-refractivity contribution < 1.29 is 13.9 Å². The van der Waals surface area contributed by atoms with Crippen LogP contribution < -0.4 is 20.6 Å². The number of ether oxygens (including phenoxy) is 1. The lowest BCUT2D eigenvalue weighted by molar-refractivity contribution is -0.116. The van der Waals surface area contributed by atoms with E-state index in [0.717, 1.165) is 35.4 Å². The van der Waals surface area contributed by atoms with Gasteiger partial charge in [-0.2, -0.15) is 0 Å². The van der Waals surface area contributed by atoms with Gasteiger partial charge in [0.1, 0.15) is 11.3 Å². The van der Waals surface area contributed by atoms with E-state index in [1.54, 1.807) is 13.2 Å². The van der Waals surface area contributed by atoms with Gasteiger partial charge in [0, 0.05) is 47.9 Å². The molecule has 0 aliphatic heterocycles. The summed E-state index contributed by atoms with van der Waals surface area (Å²) in [5, 5.41) is 3.74. The molecule has 0 atom stereocenters. The molecule has 0 aliphatic carbocycles.